The molecule has 2 fully saturated rings. The monoisotopic (exact) mass is 624 g/mol. The van der Waals surface area contributed by atoms with Crippen LogP contribution in [0.25, 0.3) is 0 Å². The van der Waals surface area contributed by atoms with Crippen LogP contribution in [0, 0.1) is 11.6 Å². The van der Waals surface area contributed by atoms with Crippen LogP contribution in [0.5, 0.6) is 0 Å². The lowest BCUT2D eigenvalue weighted by Crippen LogP contribution is -2.46. The second-order valence-electron chi connectivity index (χ2n) is 11.1. The van der Waals surface area contributed by atoms with E-state index in [1.807, 2.05) is 18.2 Å². The Morgan fingerprint density at radius 3 is 2.00 bits per heavy atom. The van der Waals surface area contributed by atoms with Crippen molar-refractivity contribution in [1.29, 1.82) is 0 Å². The summed E-state index contributed by atoms with van der Waals surface area (Å²) in [4.78, 5) is 10.1. The van der Waals surface area contributed by atoms with Crippen LogP contribution < -0.4 is 4.90 Å². The number of fused-ring (bicyclic) bond motifs is 3. The Hall–Kier alpha value is -1.93. The van der Waals surface area contributed by atoms with E-state index in [0.29, 0.717) is 6.04 Å². The van der Waals surface area contributed by atoms with Gasteiger partial charge in [0.25, 0.3) is 0 Å². The maximum Gasteiger partial charge on any atom is 0.123 e. The molecule has 2 unspecified atom stereocenters. The molecule has 0 N–H and O–H groups in total. The molecule has 0 saturated carbocycles. The van der Waals surface area contributed by atoms with E-state index in [-0.39, 0.29) is 54.8 Å². The summed E-state index contributed by atoms with van der Waals surface area (Å²) < 4.78 is 27.9. The predicted octanol–water partition coefficient (Wildman–Crippen LogP) is 7.14. The van der Waals surface area contributed by atoms with Crippen LogP contribution in [-0.4, -0.2) is 73.1 Å². The van der Waals surface area contributed by atoms with Gasteiger partial charge in [0, 0.05) is 69.1 Å². The molecule has 3 aliphatic heterocycles. The standard InChI is InChI=1S/C32H38F2N4.3ClH/c33-26-8-11-28(12-9-26)38-31-13-10-27(34)22-29(31)30-24-36(17-14-32(30)38)16-5-4-15-35-18-20-37(21-19-35)23-25-6-2-1-3-7-25;;;/h1-3,6-13,22,30,32H,4-5,14-21,23-24H2;3*1H. The van der Waals surface area contributed by atoms with Gasteiger partial charge in [-0.25, -0.2) is 8.78 Å². The number of halogens is 5. The highest BCUT2D eigenvalue weighted by Gasteiger charge is 2.42. The maximum atomic E-state index is 14.3. The van der Waals surface area contributed by atoms with Crippen molar-refractivity contribution in [3.8, 4) is 0 Å². The van der Waals surface area contributed by atoms with Gasteiger partial charge in [-0.1, -0.05) is 30.3 Å². The molecule has 0 bridgehead atoms. The van der Waals surface area contributed by atoms with E-state index < -0.39 is 0 Å². The van der Waals surface area contributed by atoms with Crippen molar-refractivity contribution in [3.05, 3.63) is 95.6 Å². The highest BCUT2D eigenvalue weighted by Crippen LogP contribution is 2.48. The molecule has 0 radical (unpaired) electrons. The van der Waals surface area contributed by atoms with E-state index in [2.05, 4.69) is 49.9 Å². The second kappa shape index (κ2) is 15.5. The van der Waals surface area contributed by atoms with Crippen LogP contribution in [0.15, 0.2) is 72.8 Å². The van der Waals surface area contributed by atoms with E-state index in [1.54, 1.807) is 12.1 Å². The molecule has 224 valence electrons. The summed E-state index contributed by atoms with van der Waals surface area (Å²) in [7, 11) is 0. The highest BCUT2D eigenvalue weighted by atomic mass is 35.5. The number of benzene rings is 3. The number of anilines is 2. The zero-order valence-electron chi connectivity index (χ0n) is 23.3. The first-order valence-corrected chi connectivity index (χ1v) is 14.2. The van der Waals surface area contributed by atoms with E-state index in [1.165, 1.54) is 37.1 Å². The Morgan fingerprint density at radius 1 is 0.659 bits per heavy atom. The minimum atomic E-state index is -0.229. The van der Waals surface area contributed by atoms with Crippen molar-refractivity contribution in [2.75, 3.05) is 57.3 Å². The fraction of sp³-hybridized carbons (Fsp3) is 0.438. The third kappa shape index (κ3) is 7.92. The van der Waals surface area contributed by atoms with Gasteiger partial charge in [-0.05, 0) is 85.9 Å². The Morgan fingerprint density at radius 2 is 1.29 bits per heavy atom. The van der Waals surface area contributed by atoms with Gasteiger partial charge in [-0.3, -0.25) is 4.90 Å². The van der Waals surface area contributed by atoms with Gasteiger partial charge in [-0.15, -0.1) is 37.2 Å². The number of hydrogen-bond acceptors (Lipinski definition) is 4. The molecule has 41 heavy (non-hydrogen) atoms. The summed E-state index contributed by atoms with van der Waals surface area (Å²) in [5.74, 6) is -0.130. The third-order valence-corrected chi connectivity index (χ3v) is 8.66. The lowest BCUT2D eigenvalue weighted by atomic mass is 9.89. The van der Waals surface area contributed by atoms with Gasteiger partial charge in [0.05, 0.1) is 0 Å². The molecule has 0 spiro atoms. The number of nitrogens with zero attached hydrogens (tertiary/aromatic N) is 4. The number of hydrogen-bond donors (Lipinski definition) is 0. The molecule has 3 aliphatic rings. The Labute approximate surface area is 261 Å². The minimum absolute atomic E-state index is 0. The molecule has 3 aromatic carbocycles. The number of piperidine rings is 1. The maximum absolute atomic E-state index is 14.3. The minimum Gasteiger partial charge on any atom is -0.337 e. The van der Waals surface area contributed by atoms with Crippen LogP contribution >= 0.6 is 37.2 Å². The lowest BCUT2D eigenvalue weighted by molar-refractivity contribution is 0.123. The van der Waals surface area contributed by atoms with E-state index in [0.717, 1.165) is 75.7 Å². The summed E-state index contributed by atoms with van der Waals surface area (Å²) in [6, 6.07) is 23.0. The molecule has 2 saturated heterocycles. The van der Waals surface area contributed by atoms with Gasteiger partial charge in [0.1, 0.15) is 11.6 Å². The summed E-state index contributed by atoms with van der Waals surface area (Å²) >= 11 is 0. The molecule has 2 atom stereocenters. The number of unbranched alkanes of at least 4 members (excludes halogenated alkanes) is 1. The Balaban J connectivity index is 0.00000154. The van der Waals surface area contributed by atoms with Gasteiger partial charge >= 0.3 is 0 Å². The summed E-state index contributed by atoms with van der Waals surface area (Å²) in [6.45, 7) is 9.92. The van der Waals surface area contributed by atoms with Crippen LogP contribution in [0.1, 0.15) is 36.3 Å². The average Bonchev–Trinajstić information content (AvgIpc) is 3.26. The van der Waals surface area contributed by atoms with E-state index in [9.17, 15) is 8.78 Å². The molecule has 3 heterocycles. The SMILES string of the molecule is Cl.Cl.Cl.Fc1ccc(N2c3ccc(F)cc3C3CN(CCCCN4CCN(Cc5ccccc5)CC4)CCC32)cc1. The van der Waals surface area contributed by atoms with Crippen LogP contribution in [-0.2, 0) is 6.54 Å². The molecule has 0 aliphatic carbocycles. The zero-order valence-corrected chi connectivity index (χ0v) is 25.8. The van der Waals surface area contributed by atoms with Gasteiger partial charge in [0.15, 0.2) is 0 Å². The van der Waals surface area contributed by atoms with Crippen molar-refractivity contribution in [2.24, 2.45) is 0 Å². The average molecular weight is 626 g/mol. The molecular weight excluding hydrogens is 585 g/mol. The number of piperazine rings is 1. The van der Waals surface area contributed by atoms with Crippen LogP contribution in [0.4, 0.5) is 20.2 Å². The molecular formula is C32H41Cl3F2N4. The van der Waals surface area contributed by atoms with Gasteiger partial charge < -0.3 is 14.7 Å². The summed E-state index contributed by atoms with van der Waals surface area (Å²) in [5.41, 5.74) is 4.56. The third-order valence-electron chi connectivity index (χ3n) is 8.66. The topological polar surface area (TPSA) is 13.0 Å². The first-order valence-electron chi connectivity index (χ1n) is 14.2. The normalized spacial score (nSPS) is 20.8. The fourth-order valence-electron chi connectivity index (χ4n) is 6.66. The van der Waals surface area contributed by atoms with Crippen molar-refractivity contribution in [1.82, 2.24) is 14.7 Å². The van der Waals surface area contributed by atoms with E-state index in [4.69, 9.17) is 0 Å². The molecule has 3 aromatic rings. The van der Waals surface area contributed by atoms with Crippen molar-refractivity contribution in [3.63, 3.8) is 0 Å². The van der Waals surface area contributed by atoms with Crippen molar-refractivity contribution in [2.45, 2.75) is 37.8 Å². The quantitative estimate of drug-likeness (QED) is 0.247. The smallest absolute Gasteiger partial charge is 0.123 e. The fourth-order valence-corrected chi connectivity index (χ4v) is 6.66. The predicted molar refractivity (Wildman–Crippen MR) is 172 cm³/mol. The molecule has 0 amide bonds. The van der Waals surface area contributed by atoms with Crippen molar-refractivity contribution >= 4 is 48.6 Å². The molecule has 4 nitrogen and oxygen atoms in total. The van der Waals surface area contributed by atoms with Crippen molar-refractivity contribution < 1.29 is 8.78 Å². The van der Waals surface area contributed by atoms with Crippen LogP contribution in [0.3, 0.4) is 0 Å². The largest absolute Gasteiger partial charge is 0.337 e. The first-order chi connectivity index (χ1) is 18.6. The zero-order chi connectivity index (χ0) is 25.9. The Bertz CT molecular complexity index is 1210. The summed E-state index contributed by atoms with van der Waals surface area (Å²) in [6.07, 6.45) is 3.44. The molecule has 9 heteroatoms. The van der Waals surface area contributed by atoms with Gasteiger partial charge in [-0.2, -0.15) is 0 Å². The van der Waals surface area contributed by atoms with Gasteiger partial charge in [0.2, 0.25) is 0 Å². The molecule has 6 rings (SSSR count). The number of rotatable bonds is 8. The first kappa shape index (κ1) is 33.6. The summed E-state index contributed by atoms with van der Waals surface area (Å²) in [5, 5.41) is 0. The Kier molecular flexibility index (Phi) is 12.7. The van der Waals surface area contributed by atoms with E-state index >= 15 is 0 Å². The highest BCUT2D eigenvalue weighted by molar-refractivity contribution is 5.86. The molecule has 0 aromatic heterocycles. The van der Waals surface area contributed by atoms with Crippen LogP contribution in [0.2, 0.25) is 0 Å². The second-order valence-corrected chi connectivity index (χ2v) is 11.1. The number of likely N-dealkylation sites (tertiary alicyclic amines) is 1. The lowest BCUT2D eigenvalue weighted by Gasteiger charge is -2.39.